The number of benzene rings is 1. The Balaban J connectivity index is 1.76. The normalized spacial score (nSPS) is 17.1. The molecule has 7 heteroatoms. The Morgan fingerprint density at radius 1 is 1.16 bits per heavy atom. The van der Waals surface area contributed by atoms with Crippen LogP contribution in [0.15, 0.2) is 42.0 Å². The van der Waals surface area contributed by atoms with E-state index in [1.165, 1.54) is 6.08 Å². The molecule has 0 fully saturated rings. The summed E-state index contributed by atoms with van der Waals surface area (Å²) in [6, 6.07) is 5.81. The van der Waals surface area contributed by atoms with E-state index in [0.29, 0.717) is 24.3 Å². The molecule has 0 aliphatic heterocycles. The Kier molecular flexibility index (Phi) is 7.46. The number of halogens is 3. The predicted octanol–water partition coefficient (Wildman–Crippen LogP) is 6.45. The highest BCUT2D eigenvalue weighted by Gasteiger charge is 2.35. The average Bonchev–Trinajstić information content (AvgIpc) is 3.02. The van der Waals surface area contributed by atoms with Crippen molar-refractivity contribution in [3.05, 3.63) is 47.8 Å². The molecule has 0 saturated heterocycles. The number of hydrogen-bond acceptors (Lipinski definition) is 3. The van der Waals surface area contributed by atoms with Gasteiger partial charge in [0.2, 0.25) is 0 Å². The van der Waals surface area contributed by atoms with Crippen LogP contribution in [0.1, 0.15) is 46.4 Å². The van der Waals surface area contributed by atoms with Gasteiger partial charge in [0.25, 0.3) is 0 Å². The molecule has 1 aromatic heterocycles. The van der Waals surface area contributed by atoms with Crippen LogP contribution in [-0.2, 0) is 17.9 Å². The van der Waals surface area contributed by atoms with Crippen molar-refractivity contribution >= 4 is 11.0 Å². The third-order valence-electron chi connectivity index (χ3n) is 5.15. The molecule has 0 saturated carbocycles. The van der Waals surface area contributed by atoms with Gasteiger partial charge in [0.1, 0.15) is 18.2 Å². The molecule has 1 aliphatic carbocycles. The first-order valence-corrected chi connectivity index (χ1v) is 10.8. The number of alkyl halides is 3. The fourth-order valence-electron chi connectivity index (χ4n) is 3.49. The molecule has 0 N–H and O–H groups in total. The molecular weight excluding hydrogens is 405 g/mol. The second-order valence-electron chi connectivity index (χ2n) is 8.84. The lowest BCUT2D eigenvalue weighted by Gasteiger charge is -2.21. The Bertz CT molecular complexity index is 942. The molecule has 170 valence electrons. The summed E-state index contributed by atoms with van der Waals surface area (Å²) in [6.07, 6.45) is 0.0194. The van der Waals surface area contributed by atoms with Crippen molar-refractivity contribution in [3.63, 3.8) is 0 Å². The number of ether oxygens (including phenoxy) is 2. The summed E-state index contributed by atoms with van der Waals surface area (Å²) >= 11 is 0. The van der Waals surface area contributed by atoms with Crippen LogP contribution in [0.25, 0.3) is 11.0 Å². The van der Waals surface area contributed by atoms with Gasteiger partial charge in [0.15, 0.2) is 0 Å². The standard InChI is InChI=1S/C24H31F3N2O2/c1-16(2)10-11-30-20-8-9-21-22(13-20)29(14-17(3)4)23(28-21)15-31-19-7-5-6-18(12-19)24(25,26)27/h5-9,13,16-17,19H,10-12,14-15H2,1-4H3. The minimum Gasteiger partial charge on any atom is -0.494 e. The van der Waals surface area contributed by atoms with Gasteiger partial charge >= 0.3 is 6.18 Å². The lowest BCUT2D eigenvalue weighted by molar-refractivity contribution is -0.0982. The molecule has 1 aliphatic rings. The molecule has 4 nitrogen and oxygen atoms in total. The van der Waals surface area contributed by atoms with E-state index in [9.17, 15) is 13.2 Å². The van der Waals surface area contributed by atoms with E-state index in [1.54, 1.807) is 6.08 Å². The van der Waals surface area contributed by atoms with Crippen LogP contribution in [0, 0.1) is 11.8 Å². The predicted molar refractivity (Wildman–Crippen MR) is 116 cm³/mol. The van der Waals surface area contributed by atoms with Crippen molar-refractivity contribution in [3.8, 4) is 5.75 Å². The molecule has 0 radical (unpaired) electrons. The van der Waals surface area contributed by atoms with Crippen molar-refractivity contribution in [2.45, 2.75) is 66.0 Å². The van der Waals surface area contributed by atoms with Gasteiger partial charge in [-0.25, -0.2) is 4.98 Å². The Morgan fingerprint density at radius 2 is 1.94 bits per heavy atom. The van der Waals surface area contributed by atoms with Gasteiger partial charge in [0.05, 0.1) is 23.7 Å². The van der Waals surface area contributed by atoms with Crippen LogP contribution < -0.4 is 4.74 Å². The molecule has 0 spiro atoms. The summed E-state index contributed by atoms with van der Waals surface area (Å²) in [5, 5.41) is 0. The summed E-state index contributed by atoms with van der Waals surface area (Å²) in [4.78, 5) is 4.69. The Hall–Kier alpha value is -2.28. The third kappa shape index (κ3) is 6.35. The molecule has 1 unspecified atom stereocenters. The fourth-order valence-corrected chi connectivity index (χ4v) is 3.49. The highest BCUT2D eigenvalue weighted by Crippen LogP contribution is 2.32. The SMILES string of the molecule is CC(C)CCOc1ccc2nc(COC3C=CC=C(C(F)(F)F)C3)n(CC(C)C)c2c1. The van der Waals surface area contributed by atoms with Gasteiger partial charge in [0, 0.05) is 24.6 Å². The van der Waals surface area contributed by atoms with Crippen molar-refractivity contribution in [1.29, 1.82) is 0 Å². The quantitative estimate of drug-likeness (QED) is 0.453. The molecule has 2 aromatic rings. The molecular formula is C24H31F3N2O2. The van der Waals surface area contributed by atoms with Crippen LogP contribution in [0.2, 0.25) is 0 Å². The average molecular weight is 437 g/mol. The Labute approximate surface area is 181 Å². The largest absolute Gasteiger partial charge is 0.494 e. The first-order valence-electron chi connectivity index (χ1n) is 10.8. The van der Waals surface area contributed by atoms with E-state index in [0.717, 1.165) is 35.8 Å². The van der Waals surface area contributed by atoms with E-state index in [2.05, 4.69) is 37.2 Å². The highest BCUT2D eigenvalue weighted by atomic mass is 19.4. The molecule has 0 amide bonds. The van der Waals surface area contributed by atoms with E-state index in [-0.39, 0.29) is 13.0 Å². The highest BCUT2D eigenvalue weighted by molar-refractivity contribution is 5.77. The zero-order valence-electron chi connectivity index (χ0n) is 18.6. The molecule has 31 heavy (non-hydrogen) atoms. The molecule has 1 heterocycles. The first kappa shape index (κ1) is 23.4. The van der Waals surface area contributed by atoms with Gasteiger partial charge in [-0.3, -0.25) is 0 Å². The van der Waals surface area contributed by atoms with Gasteiger partial charge in [-0.2, -0.15) is 13.2 Å². The maximum atomic E-state index is 13.0. The zero-order valence-corrected chi connectivity index (χ0v) is 18.6. The summed E-state index contributed by atoms with van der Waals surface area (Å²) in [5.41, 5.74) is 1.20. The maximum Gasteiger partial charge on any atom is 0.412 e. The number of aromatic nitrogens is 2. The molecule has 0 bridgehead atoms. The zero-order chi connectivity index (χ0) is 22.6. The second kappa shape index (κ2) is 9.90. The summed E-state index contributed by atoms with van der Waals surface area (Å²) < 4.78 is 52.8. The number of hydrogen-bond donors (Lipinski definition) is 0. The lowest BCUT2D eigenvalue weighted by atomic mass is 10.0. The van der Waals surface area contributed by atoms with Crippen LogP contribution in [0.5, 0.6) is 5.75 Å². The maximum absolute atomic E-state index is 13.0. The van der Waals surface area contributed by atoms with E-state index in [4.69, 9.17) is 9.47 Å². The van der Waals surface area contributed by atoms with Crippen molar-refractivity contribution in [2.75, 3.05) is 6.61 Å². The van der Waals surface area contributed by atoms with E-state index < -0.39 is 17.9 Å². The monoisotopic (exact) mass is 436 g/mol. The van der Waals surface area contributed by atoms with Gasteiger partial charge in [-0.05, 0) is 30.4 Å². The number of nitrogens with zero attached hydrogens (tertiary/aromatic N) is 2. The first-order chi connectivity index (χ1) is 14.6. The topological polar surface area (TPSA) is 36.3 Å². The molecule has 3 rings (SSSR count). The van der Waals surface area contributed by atoms with Crippen LogP contribution in [0.4, 0.5) is 13.2 Å². The smallest absolute Gasteiger partial charge is 0.412 e. The number of rotatable bonds is 9. The third-order valence-corrected chi connectivity index (χ3v) is 5.15. The van der Waals surface area contributed by atoms with Crippen molar-refractivity contribution in [2.24, 2.45) is 11.8 Å². The molecule has 1 atom stereocenters. The van der Waals surface area contributed by atoms with Crippen molar-refractivity contribution < 1.29 is 22.6 Å². The lowest BCUT2D eigenvalue weighted by Crippen LogP contribution is -2.22. The minimum absolute atomic E-state index is 0.144. The fraction of sp³-hybridized carbons (Fsp3) is 0.542. The summed E-state index contributed by atoms with van der Waals surface area (Å²) in [5.74, 6) is 2.44. The molecule has 1 aromatic carbocycles. The summed E-state index contributed by atoms with van der Waals surface area (Å²) in [6.45, 7) is 10.1. The second-order valence-corrected chi connectivity index (χ2v) is 8.84. The number of allylic oxidation sites excluding steroid dienone is 2. The van der Waals surface area contributed by atoms with Crippen LogP contribution in [0.3, 0.4) is 0 Å². The van der Waals surface area contributed by atoms with Gasteiger partial charge in [-0.15, -0.1) is 0 Å². The Morgan fingerprint density at radius 3 is 2.61 bits per heavy atom. The van der Waals surface area contributed by atoms with Crippen LogP contribution >= 0.6 is 0 Å². The van der Waals surface area contributed by atoms with E-state index in [1.807, 2.05) is 18.2 Å². The van der Waals surface area contributed by atoms with Crippen molar-refractivity contribution in [1.82, 2.24) is 9.55 Å². The minimum atomic E-state index is -4.33. The van der Waals surface area contributed by atoms with Crippen LogP contribution in [-0.4, -0.2) is 28.4 Å². The van der Waals surface area contributed by atoms with Gasteiger partial charge < -0.3 is 14.0 Å². The number of fused-ring (bicyclic) bond motifs is 1. The number of imidazole rings is 1. The van der Waals surface area contributed by atoms with Gasteiger partial charge in [-0.1, -0.05) is 45.9 Å². The van der Waals surface area contributed by atoms with E-state index >= 15 is 0 Å². The summed E-state index contributed by atoms with van der Waals surface area (Å²) in [7, 11) is 0.